The second kappa shape index (κ2) is 8.71. The topological polar surface area (TPSA) is 90.0 Å². The first-order valence-electron chi connectivity index (χ1n) is 11.7. The lowest BCUT2D eigenvalue weighted by Gasteiger charge is -2.38. The average molecular weight is 488 g/mol. The Balaban J connectivity index is 1.15. The average Bonchev–Trinajstić information content (AvgIpc) is 3.42. The number of alkyl halides is 2. The molecule has 182 valence electrons. The maximum Gasteiger partial charge on any atom is 0.282 e. The minimum atomic E-state index is -2.78. The lowest BCUT2D eigenvalue weighted by Crippen LogP contribution is -2.58. The van der Waals surface area contributed by atoms with Crippen molar-refractivity contribution in [3.8, 4) is 11.1 Å². The Bertz CT molecular complexity index is 1400. The van der Waals surface area contributed by atoms with E-state index in [0.29, 0.717) is 23.9 Å². The van der Waals surface area contributed by atoms with Gasteiger partial charge in [0.2, 0.25) is 5.95 Å². The van der Waals surface area contributed by atoms with Gasteiger partial charge in [-0.1, -0.05) is 18.2 Å². The highest BCUT2D eigenvalue weighted by molar-refractivity contribution is 5.95. The Labute approximate surface area is 206 Å². The Morgan fingerprint density at radius 2 is 1.86 bits per heavy atom. The van der Waals surface area contributed by atoms with Crippen molar-refractivity contribution in [2.45, 2.75) is 18.9 Å². The number of halogens is 2. The van der Waals surface area contributed by atoms with Crippen LogP contribution in [-0.4, -0.2) is 56.5 Å². The van der Waals surface area contributed by atoms with Crippen LogP contribution in [0.2, 0.25) is 0 Å². The highest BCUT2D eigenvalue weighted by atomic mass is 19.3. The molecule has 0 unspecified atom stereocenters. The number of hydrogen-bond acceptors (Lipinski definition) is 6. The molecule has 6 rings (SSSR count). The van der Waals surface area contributed by atoms with Crippen LogP contribution < -0.4 is 10.2 Å². The molecule has 2 aliphatic rings. The Kier molecular flexibility index (Phi) is 5.36. The number of hydrogen-bond donors (Lipinski definition) is 2. The fourth-order valence-corrected chi connectivity index (χ4v) is 4.57. The van der Waals surface area contributed by atoms with Crippen molar-refractivity contribution >= 4 is 23.4 Å². The zero-order valence-electron chi connectivity index (χ0n) is 19.3. The maximum atomic E-state index is 13.2. The monoisotopic (exact) mass is 487 g/mol. The molecule has 1 amide bonds. The fourth-order valence-electron chi connectivity index (χ4n) is 4.57. The van der Waals surface area contributed by atoms with Crippen molar-refractivity contribution < 1.29 is 13.6 Å². The van der Waals surface area contributed by atoms with E-state index in [0.717, 1.165) is 40.9 Å². The van der Waals surface area contributed by atoms with Gasteiger partial charge in [0.1, 0.15) is 5.82 Å². The third kappa shape index (κ3) is 4.37. The molecular weight excluding hydrogens is 464 g/mol. The van der Waals surface area contributed by atoms with E-state index in [1.165, 1.54) is 4.90 Å². The van der Waals surface area contributed by atoms with Gasteiger partial charge in [-0.05, 0) is 53.4 Å². The van der Waals surface area contributed by atoms with Crippen molar-refractivity contribution in [3.63, 3.8) is 0 Å². The van der Waals surface area contributed by atoms with E-state index < -0.39 is 19.0 Å². The van der Waals surface area contributed by atoms with Gasteiger partial charge >= 0.3 is 0 Å². The van der Waals surface area contributed by atoms with E-state index in [-0.39, 0.29) is 5.91 Å². The van der Waals surface area contributed by atoms with Gasteiger partial charge in [0.05, 0.1) is 19.3 Å². The summed E-state index contributed by atoms with van der Waals surface area (Å²) in [7, 11) is 0. The minimum absolute atomic E-state index is 0.359. The fraction of sp³-hybridized carbons (Fsp3) is 0.231. The van der Waals surface area contributed by atoms with E-state index >= 15 is 0 Å². The van der Waals surface area contributed by atoms with Gasteiger partial charge < -0.3 is 15.1 Å². The number of likely N-dealkylation sites (tertiary alicyclic amines) is 1. The Morgan fingerprint density at radius 1 is 1.03 bits per heavy atom. The first-order chi connectivity index (χ1) is 17.4. The predicted octanol–water partition coefficient (Wildman–Crippen LogP) is 4.26. The SMILES string of the molecule is O=C(c1ccc2c(c1)CN(c1nccc(Nc3ccc(-c4cn[nH]c4)cc3)n1)CC2)N1CC(F)(F)C1. The second-order valence-electron chi connectivity index (χ2n) is 9.10. The summed E-state index contributed by atoms with van der Waals surface area (Å²) in [5.41, 5.74) is 5.53. The van der Waals surface area contributed by atoms with Crippen LogP contribution in [0.1, 0.15) is 21.5 Å². The molecular formula is C26H23F2N7O. The summed E-state index contributed by atoms with van der Waals surface area (Å²) in [6.45, 7) is 0.237. The summed E-state index contributed by atoms with van der Waals surface area (Å²) in [6.07, 6.45) is 6.11. The quantitative estimate of drug-likeness (QED) is 0.437. The van der Waals surface area contributed by atoms with Gasteiger partial charge in [0.15, 0.2) is 0 Å². The van der Waals surface area contributed by atoms with Gasteiger partial charge in [-0.3, -0.25) is 9.89 Å². The molecule has 2 aliphatic heterocycles. The molecule has 4 heterocycles. The summed E-state index contributed by atoms with van der Waals surface area (Å²) in [5, 5.41) is 10.1. The number of carbonyl (C=O) groups is 1. The van der Waals surface area contributed by atoms with Crippen LogP contribution in [-0.2, 0) is 13.0 Å². The number of aromatic nitrogens is 4. The van der Waals surface area contributed by atoms with Crippen LogP contribution in [0.4, 0.5) is 26.2 Å². The van der Waals surface area contributed by atoms with Crippen molar-refractivity contribution in [2.24, 2.45) is 0 Å². The van der Waals surface area contributed by atoms with E-state index in [9.17, 15) is 13.6 Å². The maximum absolute atomic E-state index is 13.2. The van der Waals surface area contributed by atoms with Gasteiger partial charge in [0, 0.05) is 42.3 Å². The highest BCUT2D eigenvalue weighted by Gasteiger charge is 2.46. The molecule has 2 aromatic carbocycles. The van der Waals surface area contributed by atoms with E-state index in [1.54, 1.807) is 18.5 Å². The molecule has 0 spiro atoms. The molecule has 8 nitrogen and oxygen atoms in total. The molecule has 10 heteroatoms. The molecule has 1 saturated heterocycles. The molecule has 0 atom stereocenters. The van der Waals surface area contributed by atoms with Gasteiger partial charge in [0.25, 0.3) is 11.8 Å². The molecule has 0 bridgehead atoms. The Hall–Kier alpha value is -4.34. The summed E-state index contributed by atoms with van der Waals surface area (Å²) >= 11 is 0. The number of rotatable bonds is 5. The molecule has 2 N–H and O–H groups in total. The Morgan fingerprint density at radius 3 is 2.61 bits per heavy atom. The number of nitrogens with zero attached hydrogens (tertiary/aromatic N) is 5. The summed E-state index contributed by atoms with van der Waals surface area (Å²) in [4.78, 5) is 25.0. The van der Waals surface area contributed by atoms with Crippen LogP contribution in [0.5, 0.6) is 0 Å². The predicted molar refractivity (Wildman–Crippen MR) is 131 cm³/mol. The largest absolute Gasteiger partial charge is 0.340 e. The van der Waals surface area contributed by atoms with Gasteiger partial charge in [-0.25, -0.2) is 13.8 Å². The number of fused-ring (bicyclic) bond motifs is 1. The number of amides is 1. The molecule has 0 radical (unpaired) electrons. The molecule has 36 heavy (non-hydrogen) atoms. The van der Waals surface area contributed by atoms with Crippen molar-refractivity contribution in [1.82, 2.24) is 25.1 Å². The summed E-state index contributed by atoms with van der Waals surface area (Å²) < 4.78 is 26.4. The number of aromatic amines is 1. The number of anilines is 3. The number of carbonyl (C=O) groups excluding carboxylic acids is 1. The molecule has 0 aliphatic carbocycles. The van der Waals surface area contributed by atoms with Crippen LogP contribution in [0.3, 0.4) is 0 Å². The zero-order chi connectivity index (χ0) is 24.7. The smallest absolute Gasteiger partial charge is 0.282 e. The standard InChI is InChI=1S/C26H23F2N7O/c27-26(28)15-35(16-26)24(36)19-2-1-18-8-10-34(14-20(18)11-19)25-29-9-7-23(33-25)32-22-5-3-17(4-6-22)21-12-30-31-13-21/h1-7,9,11-13H,8,10,14-16H2,(H,30,31)(H,29,32,33). The summed E-state index contributed by atoms with van der Waals surface area (Å²) in [6, 6.07) is 15.3. The van der Waals surface area contributed by atoms with Crippen LogP contribution in [0.15, 0.2) is 67.1 Å². The molecule has 0 saturated carbocycles. The molecule has 4 aromatic rings. The molecule has 2 aromatic heterocycles. The van der Waals surface area contributed by atoms with Crippen molar-refractivity contribution in [3.05, 3.63) is 83.8 Å². The van der Waals surface area contributed by atoms with Crippen LogP contribution >= 0.6 is 0 Å². The first-order valence-corrected chi connectivity index (χ1v) is 11.7. The zero-order valence-corrected chi connectivity index (χ0v) is 19.3. The summed E-state index contributed by atoms with van der Waals surface area (Å²) in [5.74, 6) is -1.88. The third-order valence-electron chi connectivity index (χ3n) is 6.51. The van der Waals surface area contributed by atoms with Gasteiger partial charge in [-0.15, -0.1) is 0 Å². The third-order valence-corrected chi connectivity index (χ3v) is 6.51. The van der Waals surface area contributed by atoms with E-state index in [4.69, 9.17) is 4.98 Å². The van der Waals surface area contributed by atoms with E-state index in [2.05, 4.69) is 25.4 Å². The normalized spacial score (nSPS) is 16.3. The number of H-pyrrole nitrogens is 1. The van der Waals surface area contributed by atoms with Crippen molar-refractivity contribution in [2.75, 3.05) is 29.9 Å². The second-order valence-corrected chi connectivity index (χ2v) is 9.10. The van der Waals surface area contributed by atoms with Crippen molar-refractivity contribution in [1.29, 1.82) is 0 Å². The molecule has 1 fully saturated rings. The van der Waals surface area contributed by atoms with Gasteiger partial charge in [-0.2, -0.15) is 10.1 Å². The lowest BCUT2D eigenvalue weighted by atomic mass is 9.96. The highest BCUT2D eigenvalue weighted by Crippen LogP contribution is 2.30. The minimum Gasteiger partial charge on any atom is -0.340 e. The number of benzene rings is 2. The first kappa shape index (κ1) is 22.1. The number of nitrogens with one attached hydrogen (secondary N) is 2. The van der Waals surface area contributed by atoms with Crippen LogP contribution in [0.25, 0.3) is 11.1 Å². The lowest BCUT2D eigenvalue weighted by molar-refractivity contribution is -0.113. The van der Waals surface area contributed by atoms with Crippen LogP contribution in [0, 0.1) is 0 Å². The van der Waals surface area contributed by atoms with E-state index in [1.807, 2.05) is 48.7 Å².